The lowest BCUT2D eigenvalue weighted by atomic mass is 9.93. The first kappa shape index (κ1) is 36.8. The summed E-state index contributed by atoms with van der Waals surface area (Å²) in [6.07, 6.45) is 4.62. The monoisotopic (exact) mass is 725 g/mol. The molecule has 2 fully saturated rings. The van der Waals surface area contributed by atoms with Crippen molar-refractivity contribution in [2.45, 2.75) is 108 Å². The molecular weight excluding hydrogens is 683 g/mol. The third kappa shape index (κ3) is 9.41. The summed E-state index contributed by atoms with van der Waals surface area (Å²) in [6.45, 7) is 11.1. The zero-order valence-corrected chi connectivity index (χ0v) is 29.9. The summed E-state index contributed by atoms with van der Waals surface area (Å²) < 4.78 is 56.4. The number of aromatic nitrogens is 5. The van der Waals surface area contributed by atoms with Crippen LogP contribution in [0, 0.1) is 11.3 Å². The third-order valence-electron chi connectivity index (χ3n) is 8.86. The minimum Gasteiger partial charge on any atom is -0.477 e. The Morgan fingerprint density at radius 2 is 1.90 bits per heavy atom. The van der Waals surface area contributed by atoms with E-state index in [2.05, 4.69) is 33.8 Å². The molecule has 0 aromatic carbocycles. The van der Waals surface area contributed by atoms with E-state index in [0.29, 0.717) is 18.3 Å². The molecule has 0 bridgehead atoms. The van der Waals surface area contributed by atoms with E-state index in [1.807, 2.05) is 36.5 Å². The first-order chi connectivity index (χ1) is 22.9. The quantitative estimate of drug-likeness (QED) is 0.108. The van der Waals surface area contributed by atoms with Gasteiger partial charge in [-0.25, -0.2) is 14.5 Å². The van der Waals surface area contributed by atoms with Crippen LogP contribution in [0.5, 0.6) is 5.88 Å². The fraction of sp³-hybridized carbons (Fsp3) is 0.606. The van der Waals surface area contributed by atoms with Crippen LogP contribution in [0.3, 0.4) is 0 Å². The van der Waals surface area contributed by atoms with Crippen molar-refractivity contribution in [1.82, 2.24) is 34.2 Å². The molecule has 11 nitrogen and oxygen atoms in total. The van der Waals surface area contributed by atoms with Gasteiger partial charge in [-0.1, -0.05) is 18.0 Å². The molecule has 268 valence electrons. The Bertz CT molecular complexity index is 1630. The maximum Gasteiger partial charge on any atom is 0.410 e. The summed E-state index contributed by atoms with van der Waals surface area (Å²) in [4.78, 5) is 32.4. The summed E-state index contributed by atoms with van der Waals surface area (Å²) in [5.74, 6) is 0.461. The molecule has 4 heterocycles. The molecule has 49 heavy (non-hydrogen) atoms. The number of carbonyl (C=O) groups is 2. The van der Waals surface area contributed by atoms with E-state index in [4.69, 9.17) is 21.1 Å². The molecular formula is C33H43ClF3N7O4S. The number of hydrogen-bond donors (Lipinski definition) is 1. The number of hydrogen-bond acceptors (Lipinski definition) is 8. The van der Waals surface area contributed by atoms with Gasteiger partial charge in [0.1, 0.15) is 10.8 Å². The Morgan fingerprint density at radius 1 is 1.14 bits per heavy atom. The molecule has 3 aromatic heterocycles. The average Bonchev–Trinajstić information content (AvgIpc) is 3.30. The fourth-order valence-electron chi connectivity index (χ4n) is 6.02. The van der Waals surface area contributed by atoms with E-state index in [0.717, 1.165) is 49.1 Å². The Kier molecular flexibility index (Phi) is 10.8. The highest BCUT2D eigenvalue weighted by Gasteiger charge is 2.62. The molecule has 5 rings (SSSR count). The first-order valence-corrected chi connectivity index (χ1v) is 17.6. The van der Waals surface area contributed by atoms with Crippen LogP contribution in [-0.4, -0.2) is 71.9 Å². The van der Waals surface area contributed by atoms with Crippen molar-refractivity contribution < 1.29 is 32.2 Å². The van der Waals surface area contributed by atoms with Crippen molar-refractivity contribution in [3.8, 4) is 11.7 Å². The highest BCUT2D eigenvalue weighted by atomic mass is 35.5. The van der Waals surface area contributed by atoms with Gasteiger partial charge in [0.15, 0.2) is 5.82 Å². The summed E-state index contributed by atoms with van der Waals surface area (Å²) >= 11 is 7.45. The molecule has 2 aliphatic rings. The number of alkyl halides is 3. The van der Waals surface area contributed by atoms with E-state index in [1.54, 1.807) is 18.5 Å². The van der Waals surface area contributed by atoms with Crippen molar-refractivity contribution in [2.24, 2.45) is 11.3 Å². The number of pyridine rings is 1. The number of aryl methyl sites for hydroxylation is 1. The van der Waals surface area contributed by atoms with Gasteiger partial charge < -0.3 is 14.4 Å². The highest BCUT2D eigenvalue weighted by Crippen LogP contribution is 2.59. The Labute approximate surface area is 293 Å². The van der Waals surface area contributed by atoms with Gasteiger partial charge in [-0.15, -0.1) is 5.10 Å². The second-order valence-corrected chi connectivity index (χ2v) is 15.7. The largest absolute Gasteiger partial charge is 0.477 e. The van der Waals surface area contributed by atoms with Crippen molar-refractivity contribution >= 4 is 35.5 Å². The second-order valence-electron chi connectivity index (χ2n) is 14.4. The predicted octanol–water partition coefficient (Wildman–Crippen LogP) is 7.87. The SMILES string of the molecule is CC(C)(C)OC(=O)N1CC(CCCCn2cc(SNC(=O)c3ccc(-n4ccc(OCCC5(C(F)(F)F)CC5)n4)nc3Cl)cn2)CC1(C)C. The minimum absolute atomic E-state index is 0.0371. The third-order valence-corrected chi connectivity index (χ3v) is 9.88. The topological polar surface area (TPSA) is 116 Å². The van der Waals surface area contributed by atoms with Gasteiger partial charge in [-0.2, -0.15) is 18.3 Å². The normalized spacial score (nSPS) is 18.4. The van der Waals surface area contributed by atoms with Gasteiger partial charge in [0.2, 0.25) is 5.88 Å². The molecule has 1 aliphatic heterocycles. The van der Waals surface area contributed by atoms with Crippen LogP contribution in [0.1, 0.15) is 89.9 Å². The number of halogens is 4. The predicted molar refractivity (Wildman–Crippen MR) is 179 cm³/mol. The maximum absolute atomic E-state index is 13.1. The van der Waals surface area contributed by atoms with Crippen LogP contribution >= 0.6 is 23.5 Å². The number of rotatable bonds is 13. The molecule has 0 spiro atoms. The zero-order valence-electron chi connectivity index (χ0n) is 28.3. The Hall–Kier alpha value is -3.46. The van der Waals surface area contributed by atoms with E-state index in [-0.39, 0.29) is 54.1 Å². The smallest absolute Gasteiger partial charge is 0.410 e. The van der Waals surface area contributed by atoms with Crippen LogP contribution in [0.2, 0.25) is 5.15 Å². The number of carbonyl (C=O) groups excluding carboxylic acids is 2. The van der Waals surface area contributed by atoms with Crippen molar-refractivity contribution in [3.05, 3.63) is 47.5 Å². The minimum atomic E-state index is -4.23. The molecule has 3 aromatic rings. The number of amides is 2. The van der Waals surface area contributed by atoms with Crippen molar-refractivity contribution in [1.29, 1.82) is 0 Å². The van der Waals surface area contributed by atoms with Gasteiger partial charge >= 0.3 is 12.3 Å². The number of ether oxygens (including phenoxy) is 2. The Morgan fingerprint density at radius 3 is 2.57 bits per heavy atom. The van der Waals surface area contributed by atoms with Crippen LogP contribution in [-0.2, 0) is 11.3 Å². The van der Waals surface area contributed by atoms with Crippen LogP contribution in [0.4, 0.5) is 18.0 Å². The molecule has 16 heteroatoms. The van der Waals surface area contributed by atoms with Crippen molar-refractivity contribution in [2.75, 3.05) is 13.2 Å². The summed E-state index contributed by atoms with van der Waals surface area (Å²) in [6, 6.07) is 4.60. The second kappa shape index (κ2) is 14.4. The molecule has 1 atom stereocenters. The van der Waals surface area contributed by atoms with Crippen LogP contribution < -0.4 is 9.46 Å². The summed E-state index contributed by atoms with van der Waals surface area (Å²) in [7, 11) is 0. The van der Waals surface area contributed by atoms with Crippen LogP contribution in [0.15, 0.2) is 41.7 Å². The highest BCUT2D eigenvalue weighted by molar-refractivity contribution is 7.98. The van der Waals surface area contributed by atoms with Gasteiger partial charge in [-0.05, 0) is 103 Å². The van der Waals surface area contributed by atoms with E-state index in [1.165, 1.54) is 16.8 Å². The first-order valence-electron chi connectivity index (χ1n) is 16.4. The molecule has 1 aliphatic carbocycles. The van der Waals surface area contributed by atoms with Gasteiger partial charge in [-0.3, -0.25) is 14.2 Å². The fourth-order valence-corrected chi connectivity index (χ4v) is 6.85. The van der Waals surface area contributed by atoms with Crippen molar-refractivity contribution in [3.63, 3.8) is 0 Å². The molecule has 2 amide bonds. The van der Waals surface area contributed by atoms with Crippen LogP contribution in [0.25, 0.3) is 5.82 Å². The Balaban J connectivity index is 1.03. The molecule has 1 unspecified atom stereocenters. The summed E-state index contributed by atoms with van der Waals surface area (Å²) in [5, 5.41) is 8.58. The lowest BCUT2D eigenvalue weighted by Gasteiger charge is -2.33. The molecule has 1 saturated heterocycles. The molecule has 1 N–H and O–H groups in total. The van der Waals surface area contributed by atoms with Gasteiger partial charge in [0.05, 0.1) is 28.7 Å². The van der Waals surface area contributed by atoms with Gasteiger partial charge in [0, 0.05) is 37.1 Å². The van der Waals surface area contributed by atoms with Gasteiger partial charge in [0.25, 0.3) is 5.91 Å². The van der Waals surface area contributed by atoms with E-state index >= 15 is 0 Å². The zero-order chi connectivity index (χ0) is 35.6. The molecule has 0 radical (unpaired) electrons. The average molecular weight is 726 g/mol. The van der Waals surface area contributed by atoms with E-state index in [9.17, 15) is 22.8 Å². The lowest BCUT2D eigenvalue weighted by molar-refractivity contribution is -0.190. The number of nitrogens with zero attached hydrogens (tertiary/aromatic N) is 6. The standard InChI is InChI=1S/C33H43ClF3N7O4S/c1-30(2,3)48-29(46)43-20-22(18-31(43,4)5)8-6-7-15-42-21-23(19-38-42)49-41-28(45)24-9-10-25(39-27(24)34)44-16-11-26(40-44)47-17-14-32(12-13-32)33(35,36)37/h9-11,16,19,21-22H,6-8,12-15,17-18,20H2,1-5H3,(H,41,45). The number of unbranched alkanes of at least 4 members (excludes halogenated alkanes) is 1. The number of likely N-dealkylation sites (tertiary alicyclic amines) is 1. The molecule has 1 saturated carbocycles. The maximum atomic E-state index is 13.1. The lowest BCUT2D eigenvalue weighted by Crippen LogP contribution is -2.45. The summed E-state index contributed by atoms with van der Waals surface area (Å²) in [5.41, 5.74) is -2.23. The number of nitrogens with one attached hydrogen (secondary N) is 1. The van der Waals surface area contributed by atoms with E-state index < -0.39 is 23.1 Å².